The summed E-state index contributed by atoms with van der Waals surface area (Å²) >= 11 is 1.81. The summed E-state index contributed by atoms with van der Waals surface area (Å²) in [6.07, 6.45) is 6.05. The average Bonchev–Trinajstić information content (AvgIpc) is 2.40. The maximum absolute atomic E-state index is 4.57. The van der Waals surface area contributed by atoms with Gasteiger partial charge < -0.3 is 0 Å². The SMILES string of the molecule is CCSc1ccc(C2CCCCN2C(C)C)cn1. The molecule has 0 N–H and O–H groups in total. The molecule has 0 spiro atoms. The molecule has 1 aromatic heterocycles. The lowest BCUT2D eigenvalue weighted by atomic mass is 9.95. The lowest BCUT2D eigenvalue weighted by Gasteiger charge is -2.38. The van der Waals surface area contributed by atoms with Gasteiger partial charge in [0.05, 0.1) is 5.03 Å². The Balaban J connectivity index is 2.12. The zero-order valence-electron chi connectivity index (χ0n) is 11.7. The molecule has 2 rings (SSSR count). The normalized spacial score (nSPS) is 21.4. The van der Waals surface area contributed by atoms with Gasteiger partial charge in [-0.3, -0.25) is 4.90 Å². The molecule has 0 radical (unpaired) electrons. The van der Waals surface area contributed by atoms with Gasteiger partial charge in [-0.2, -0.15) is 0 Å². The topological polar surface area (TPSA) is 16.1 Å². The Morgan fingerprint density at radius 1 is 1.39 bits per heavy atom. The van der Waals surface area contributed by atoms with Gasteiger partial charge in [0, 0.05) is 18.3 Å². The van der Waals surface area contributed by atoms with E-state index in [0.717, 1.165) is 10.8 Å². The van der Waals surface area contributed by atoms with Gasteiger partial charge in [0.15, 0.2) is 0 Å². The molecule has 2 nitrogen and oxygen atoms in total. The van der Waals surface area contributed by atoms with Gasteiger partial charge in [0.2, 0.25) is 0 Å². The van der Waals surface area contributed by atoms with Crippen LogP contribution in [0.3, 0.4) is 0 Å². The molecule has 1 fully saturated rings. The smallest absolute Gasteiger partial charge is 0.0959 e. The Morgan fingerprint density at radius 2 is 2.22 bits per heavy atom. The molecule has 1 atom stereocenters. The van der Waals surface area contributed by atoms with E-state index in [9.17, 15) is 0 Å². The minimum Gasteiger partial charge on any atom is -0.294 e. The van der Waals surface area contributed by atoms with E-state index in [0.29, 0.717) is 12.1 Å². The second-order valence-electron chi connectivity index (χ2n) is 5.21. The fourth-order valence-corrected chi connectivity index (χ4v) is 3.34. The van der Waals surface area contributed by atoms with Crippen LogP contribution in [0.2, 0.25) is 0 Å². The number of likely N-dealkylation sites (tertiary alicyclic amines) is 1. The number of thioether (sulfide) groups is 1. The van der Waals surface area contributed by atoms with Crippen molar-refractivity contribution in [3.8, 4) is 0 Å². The maximum Gasteiger partial charge on any atom is 0.0959 e. The van der Waals surface area contributed by atoms with Crippen LogP contribution < -0.4 is 0 Å². The van der Waals surface area contributed by atoms with Crippen molar-refractivity contribution >= 4 is 11.8 Å². The molecule has 0 aliphatic carbocycles. The number of nitrogens with zero attached hydrogens (tertiary/aromatic N) is 2. The van der Waals surface area contributed by atoms with Gasteiger partial charge in [-0.15, -0.1) is 11.8 Å². The van der Waals surface area contributed by atoms with E-state index in [4.69, 9.17) is 0 Å². The van der Waals surface area contributed by atoms with E-state index in [1.165, 1.54) is 31.4 Å². The first-order chi connectivity index (χ1) is 8.72. The maximum atomic E-state index is 4.57. The zero-order valence-corrected chi connectivity index (χ0v) is 12.5. The predicted molar refractivity (Wildman–Crippen MR) is 79.1 cm³/mol. The Bertz CT molecular complexity index is 361. The molecule has 2 heterocycles. The van der Waals surface area contributed by atoms with Crippen molar-refractivity contribution in [2.24, 2.45) is 0 Å². The van der Waals surface area contributed by atoms with E-state index in [1.807, 2.05) is 11.8 Å². The molecule has 0 saturated carbocycles. The van der Waals surface area contributed by atoms with Crippen LogP contribution in [0.1, 0.15) is 51.6 Å². The summed E-state index contributed by atoms with van der Waals surface area (Å²) in [7, 11) is 0. The molecule has 0 amide bonds. The zero-order chi connectivity index (χ0) is 13.0. The lowest BCUT2D eigenvalue weighted by Crippen LogP contribution is -2.38. The van der Waals surface area contributed by atoms with Crippen LogP contribution in [-0.4, -0.2) is 28.2 Å². The van der Waals surface area contributed by atoms with Crippen LogP contribution in [0.25, 0.3) is 0 Å². The van der Waals surface area contributed by atoms with Crippen molar-refractivity contribution in [1.82, 2.24) is 9.88 Å². The highest BCUT2D eigenvalue weighted by molar-refractivity contribution is 7.99. The molecule has 0 aromatic carbocycles. The predicted octanol–water partition coefficient (Wildman–Crippen LogP) is 4.13. The number of hydrogen-bond acceptors (Lipinski definition) is 3. The first-order valence-corrected chi connectivity index (χ1v) is 8.05. The molecular weight excluding hydrogens is 240 g/mol. The molecule has 1 aliphatic rings. The molecule has 1 aromatic rings. The summed E-state index contributed by atoms with van der Waals surface area (Å²) in [5, 5.41) is 1.15. The summed E-state index contributed by atoms with van der Waals surface area (Å²) in [5.74, 6) is 1.09. The third-order valence-corrected chi connectivity index (χ3v) is 4.47. The van der Waals surface area contributed by atoms with E-state index in [1.54, 1.807) is 0 Å². The fourth-order valence-electron chi connectivity index (χ4n) is 2.75. The Labute approximate surface area is 115 Å². The van der Waals surface area contributed by atoms with Crippen LogP contribution in [0.5, 0.6) is 0 Å². The summed E-state index contributed by atoms with van der Waals surface area (Å²) in [6, 6.07) is 5.65. The number of pyridine rings is 1. The molecule has 3 heteroatoms. The number of rotatable bonds is 4. The van der Waals surface area contributed by atoms with Crippen LogP contribution in [0, 0.1) is 0 Å². The molecular formula is C15H24N2S. The second kappa shape index (κ2) is 6.58. The van der Waals surface area contributed by atoms with E-state index < -0.39 is 0 Å². The highest BCUT2D eigenvalue weighted by atomic mass is 32.2. The highest BCUT2D eigenvalue weighted by Gasteiger charge is 2.25. The molecule has 18 heavy (non-hydrogen) atoms. The molecule has 1 aliphatic heterocycles. The van der Waals surface area contributed by atoms with Crippen molar-refractivity contribution in [3.05, 3.63) is 23.9 Å². The van der Waals surface area contributed by atoms with Gasteiger partial charge in [-0.25, -0.2) is 4.98 Å². The standard InChI is InChI=1S/C15H24N2S/c1-4-18-15-9-8-13(11-16-15)14-7-5-6-10-17(14)12(2)3/h8-9,11-12,14H,4-7,10H2,1-3H3. The Kier molecular flexibility index (Phi) is 5.07. The lowest BCUT2D eigenvalue weighted by molar-refractivity contribution is 0.112. The first-order valence-electron chi connectivity index (χ1n) is 7.07. The minimum atomic E-state index is 0.576. The summed E-state index contributed by atoms with van der Waals surface area (Å²) in [6.45, 7) is 8.00. The van der Waals surface area contributed by atoms with Gasteiger partial charge in [-0.05, 0) is 50.6 Å². The Morgan fingerprint density at radius 3 is 2.83 bits per heavy atom. The average molecular weight is 264 g/mol. The first kappa shape index (κ1) is 13.9. The van der Waals surface area contributed by atoms with E-state index in [2.05, 4.69) is 49.0 Å². The van der Waals surface area contributed by atoms with Gasteiger partial charge in [0.25, 0.3) is 0 Å². The van der Waals surface area contributed by atoms with Gasteiger partial charge in [0.1, 0.15) is 0 Å². The van der Waals surface area contributed by atoms with Gasteiger partial charge in [-0.1, -0.05) is 19.4 Å². The van der Waals surface area contributed by atoms with E-state index >= 15 is 0 Å². The molecule has 1 unspecified atom stereocenters. The van der Waals surface area contributed by atoms with Crippen LogP contribution in [-0.2, 0) is 0 Å². The monoisotopic (exact) mass is 264 g/mol. The largest absolute Gasteiger partial charge is 0.294 e. The van der Waals surface area contributed by atoms with Crippen molar-refractivity contribution in [2.75, 3.05) is 12.3 Å². The molecule has 100 valence electrons. The van der Waals surface area contributed by atoms with Gasteiger partial charge >= 0.3 is 0 Å². The third-order valence-electron chi connectivity index (χ3n) is 3.64. The van der Waals surface area contributed by atoms with Crippen LogP contribution in [0.4, 0.5) is 0 Å². The third kappa shape index (κ3) is 3.27. The van der Waals surface area contributed by atoms with Crippen LogP contribution >= 0.6 is 11.8 Å². The summed E-state index contributed by atoms with van der Waals surface area (Å²) in [4.78, 5) is 7.19. The van der Waals surface area contributed by atoms with Crippen molar-refractivity contribution < 1.29 is 0 Å². The Hall–Kier alpha value is -0.540. The molecule has 1 saturated heterocycles. The highest BCUT2D eigenvalue weighted by Crippen LogP contribution is 2.32. The molecule has 0 bridgehead atoms. The van der Waals surface area contributed by atoms with Crippen molar-refractivity contribution in [2.45, 2.75) is 57.1 Å². The minimum absolute atomic E-state index is 0.576. The summed E-state index contributed by atoms with van der Waals surface area (Å²) in [5.41, 5.74) is 1.39. The van der Waals surface area contributed by atoms with Crippen molar-refractivity contribution in [3.63, 3.8) is 0 Å². The second-order valence-corrected chi connectivity index (χ2v) is 6.49. The van der Waals surface area contributed by atoms with Crippen LogP contribution in [0.15, 0.2) is 23.4 Å². The number of hydrogen-bond donors (Lipinski definition) is 0. The number of piperidine rings is 1. The quantitative estimate of drug-likeness (QED) is 0.761. The number of aromatic nitrogens is 1. The fraction of sp³-hybridized carbons (Fsp3) is 0.667. The van der Waals surface area contributed by atoms with Crippen molar-refractivity contribution in [1.29, 1.82) is 0 Å². The summed E-state index contributed by atoms with van der Waals surface area (Å²) < 4.78 is 0. The van der Waals surface area contributed by atoms with E-state index in [-0.39, 0.29) is 0 Å².